The molecule has 0 spiro atoms. The molecule has 0 amide bonds. The smallest absolute Gasteiger partial charge is 0.265 e. The quantitative estimate of drug-likeness (QED) is 0.764. The first kappa shape index (κ1) is 12.0. The molecule has 3 atom stereocenters. The molecule has 0 aromatic rings. The molecule has 0 aromatic heterocycles. The van der Waals surface area contributed by atoms with Gasteiger partial charge in [0.15, 0.2) is 0 Å². The third-order valence-electron chi connectivity index (χ3n) is 4.59. The fourth-order valence-corrected chi connectivity index (χ4v) is 4.74. The van der Waals surface area contributed by atoms with E-state index in [0.717, 1.165) is 0 Å². The van der Waals surface area contributed by atoms with E-state index in [1.54, 1.807) is 6.92 Å². The third kappa shape index (κ3) is 1.35. The van der Waals surface area contributed by atoms with Crippen LogP contribution in [-0.4, -0.2) is 31.2 Å². The van der Waals surface area contributed by atoms with Gasteiger partial charge in [-0.25, -0.2) is 0 Å². The van der Waals surface area contributed by atoms with Gasteiger partial charge in [0, 0.05) is 11.8 Å². The van der Waals surface area contributed by atoms with Crippen LogP contribution in [0, 0.1) is 16.7 Å². The first-order valence-corrected chi connectivity index (χ1v) is 6.90. The van der Waals surface area contributed by atoms with Gasteiger partial charge in [0.05, 0.1) is 17.8 Å². The number of Topliss-reactive ketones (excluding diaryl/α,β-unsaturated/α-hetero) is 1. The Morgan fingerprint density at radius 1 is 1.56 bits per heavy atom. The summed E-state index contributed by atoms with van der Waals surface area (Å²) >= 11 is 0. The molecule has 2 aliphatic carbocycles. The molecule has 0 saturated heterocycles. The third-order valence-corrected chi connectivity index (χ3v) is 5.44. The molecule has 16 heavy (non-hydrogen) atoms. The second-order valence-corrected chi connectivity index (χ2v) is 6.67. The highest BCUT2D eigenvalue weighted by Crippen LogP contribution is 2.64. The maximum Gasteiger partial charge on any atom is 0.265 e. The van der Waals surface area contributed by atoms with E-state index in [1.165, 1.54) is 0 Å². The van der Waals surface area contributed by atoms with E-state index in [-0.39, 0.29) is 18.1 Å². The van der Waals surface area contributed by atoms with Crippen molar-refractivity contribution in [3.63, 3.8) is 0 Å². The van der Waals surface area contributed by atoms with Gasteiger partial charge in [-0.1, -0.05) is 6.92 Å². The number of hydrogen-bond donors (Lipinski definition) is 1. The minimum Gasteiger partial charge on any atom is -0.299 e. The fourth-order valence-electron chi connectivity index (χ4n) is 3.49. The van der Waals surface area contributed by atoms with Gasteiger partial charge in [0.2, 0.25) is 0 Å². The molecular formula is C10H15FO4S. The first-order valence-electron chi connectivity index (χ1n) is 5.30. The number of carbonyl (C=O) groups is 1. The Kier molecular flexibility index (Phi) is 2.44. The summed E-state index contributed by atoms with van der Waals surface area (Å²) < 4.78 is 44.1. The number of rotatable bonds is 3. The molecule has 92 valence electrons. The lowest BCUT2D eigenvalue weighted by Crippen LogP contribution is -2.44. The number of fused-ring (bicyclic) bond motifs is 2. The number of ketones is 1. The van der Waals surface area contributed by atoms with Crippen LogP contribution in [0.25, 0.3) is 0 Å². The molecule has 2 rings (SSSR count). The lowest BCUT2D eigenvalue weighted by atomic mass is 9.70. The summed E-state index contributed by atoms with van der Waals surface area (Å²) in [6.45, 7) is 0.916. The molecule has 6 heteroatoms. The van der Waals surface area contributed by atoms with Crippen LogP contribution in [0.3, 0.4) is 0 Å². The van der Waals surface area contributed by atoms with Gasteiger partial charge < -0.3 is 0 Å². The average molecular weight is 250 g/mol. The summed E-state index contributed by atoms with van der Waals surface area (Å²) in [4.78, 5) is 11.9. The van der Waals surface area contributed by atoms with E-state index in [4.69, 9.17) is 4.55 Å². The van der Waals surface area contributed by atoms with Gasteiger partial charge in [-0.3, -0.25) is 13.7 Å². The molecule has 0 heterocycles. The zero-order valence-corrected chi connectivity index (χ0v) is 9.89. The van der Waals surface area contributed by atoms with Gasteiger partial charge in [-0.15, -0.1) is 0 Å². The van der Waals surface area contributed by atoms with E-state index in [0.29, 0.717) is 12.8 Å². The monoisotopic (exact) mass is 250 g/mol. The summed E-state index contributed by atoms with van der Waals surface area (Å²) in [6, 6.07) is 0. The van der Waals surface area contributed by atoms with E-state index >= 15 is 0 Å². The molecule has 0 aliphatic heterocycles. The summed E-state index contributed by atoms with van der Waals surface area (Å²) in [6.07, 6.45) is 1.29. The molecule has 0 radical (unpaired) electrons. The van der Waals surface area contributed by atoms with Crippen molar-refractivity contribution in [2.75, 3.05) is 12.4 Å². The number of carbonyl (C=O) groups excluding carboxylic acids is 1. The molecule has 3 unspecified atom stereocenters. The minimum atomic E-state index is -4.25. The molecule has 0 aromatic carbocycles. The number of halogens is 1. The average Bonchev–Trinajstić information content (AvgIpc) is 2.51. The second-order valence-electron chi connectivity index (χ2n) is 5.22. The molecule has 2 saturated carbocycles. The van der Waals surface area contributed by atoms with Crippen molar-refractivity contribution in [2.45, 2.75) is 26.2 Å². The predicted octanol–water partition coefficient (Wildman–Crippen LogP) is 1.22. The predicted molar refractivity (Wildman–Crippen MR) is 55.3 cm³/mol. The van der Waals surface area contributed by atoms with Gasteiger partial charge in [-0.2, -0.15) is 8.42 Å². The van der Waals surface area contributed by atoms with Crippen LogP contribution in [0.2, 0.25) is 0 Å². The molecule has 1 N–H and O–H groups in total. The first-order chi connectivity index (χ1) is 7.25. The SMILES string of the molecule is CC1(CF)C2CCC1(CS(=O)(=O)O)C(=O)C2. The van der Waals surface area contributed by atoms with Crippen LogP contribution in [-0.2, 0) is 14.9 Å². The Bertz CT molecular complexity index is 432. The molecule has 4 nitrogen and oxygen atoms in total. The summed E-state index contributed by atoms with van der Waals surface area (Å²) in [5, 5.41) is 0. The molecule has 2 fully saturated rings. The Balaban J connectivity index is 2.47. The molecule has 2 bridgehead atoms. The maximum absolute atomic E-state index is 13.2. The van der Waals surface area contributed by atoms with Gasteiger partial charge in [-0.05, 0) is 18.8 Å². The Hall–Kier alpha value is -0.490. The standard InChI is InChI=1S/C10H15FO4S/c1-9(5-11)7-2-3-10(9,8(12)4-7)6-16(13,14)15/h7H,2-6H2,1H3,(H,13,14,15). The highest BCUT2D eigenvalue weighted by atomic mass is 32.2. The van der Waals surface area contributed by atoms with Crippen molar-refractivity contribution in [3.8, 4) is 0 Å². The number of alkyl halides is 1. The fraction of sp³-hybridized carbons (Fsp3) is 0.900. The maximum atomic E-state index is 13.2. The normalized spacial score (nSPS) is 42.9. The van der Waals surface area contributed by atoms with Crippen molar-refractivity contribution >= 4 is 15.9 Å². The Morgan fingerprint density at radius 3 is 2.62 bits per heavy atom. The van der Waals surface area contributed by atoms with Crippen LogP contribution < -0.4 is 0 Å². The summed E-state index contributed by atoms with van der Waals surface area (Å²) in [5.41, 5.74) is -2.11. The van der Waals surface area contributed by atoms with Crippen LogP contribution in [0.5, 0.6) is 0 Å². The van der Waals surface area contributed by atoms with Gasteiger partial charge in [0.25, 0.3) is 10.1 Å². The van der Waals surface area contributed by atoms with E-state index in [2.05, 4.69) is 0 Å². The van der Waals surface area contributed by atoms with E-state index < -0.39 is 33.4 Å². The molecular weight excluding hydrogens is 235 g/mol. The second kappa shape index (κ2) is 3.26. The van der Waals surface area contributed by atoms with Gasteiger partial charge in [0.1, 0.15) is 5.78 Å². The van der Waals surface area contributed by atoms with Crippen molar-refractivity contribution in [1.29, 1.82) is 0 Å². The summed E-state index contributed by atoms with van der Waals surface area (Å²) in [7, 11) is -4.25. The molecule has 2 aliphatic rings. The Labute approximate surface area is 94.0 Å². The van der Waals surface area contributed by atoms with Crippen LogP contribution in [0.1, 0.15) is 26.2 Å². The van der Waals surface area contributed by atoms with Crippen molar-refractivity contribution in [1.82, 2.24) is 0 Å². The van der Waals surface area contributed by atoms with Crippen LogP contribution in [0.15, 0.2) is 0 Å². The lowest BCUT2D eigenvalue weighted by molar-refractivity contribution is -0.128. The van der Waals surface area contributed by atoms with E-state index in [9.17, 15) is 17.6 Å². The van der Waals surface area contributed by atoms with Crippen molar-refractivity contribution in [2.24, 2.45) is 16.7 Å². The van der Waals surface area contributed by atoms with Crippen LogP contribution in [0.4, 0.5) is 4.39 Å². The van der Waals surface area contributed by atoms with E-state index in [1.807, 2.05) is 0 Å². The Morgan fingerprint density at radius 2 is 2.19 bits per heavy atom. The number of hydrogen-bond acceptors (Lipinski definition) is 3. The zero-order valence-electron chi connectivity index (χ0n) is 9.07. The van der Waals surface area contributed by atoms with Crippen molar-refractivity contribution < 1.29 is 22.2 Å². The highest BCUT2D eigenvalue weighted by Gasteiger charge is 2.67. The van der Waals surface area contributed by atoms with Crippen LogP contribution >= 0.6 is 0 Å². The van der Waals surface area contributed by atoms with Crippen molar-refractivity contribution in [3.05, 3.63) is 0 Å². The van der Waals surface area contributed by atoms with Gasteiger partial charge >= 0.3 is 0 Å². The zero-order chi connectivity index (χ0) is 12.2. The topological polar surface area (TPSA) is 71.4 Å². The minimum absolute atomic E-state index is 0.0771. The lowest BCUT2D eigenvalue weighted by Gasteiger charge is -2.36. The highest BCUT2D eigenvalue weighted by molar-refractivity contribution is 7.85. The summed E-state index contributed by atoms with van der Waals surface area (Å²) in [5.74, 6) is -0.913. The largest absolute Gasteiger partial charge is 0.299 e.